The number of para-hydroxylation sites is 1. The zero-order chi connectivity index (χ0) is 14.2. The largest absolute Gasteiger partial charge is 0.352 e. The molecule has 0 saturated heterocycles. The van der Waals surface area contributed by atoms with Crippen LogP contribution in [0.1, 0.15) is 24.2 Å². The Bertz CT molecular complexity index is 569. The van der Waals surface area contributed by atoms with Gasteiger partial charge >= 0.3 is 0 Å². The number of rotatable bonds is 3. The van der Waals surface area contributed by atoms with Gasteiger partial charge in [0.1, 0.15) is 6.54 Å². The van der Waals surface area contributed by atoms with E-state index in [-0.39, 0.29) is 29.1 Å². The van der Waals surface area contributed by atoms with Gasteiger partial charge in [0.15, 0.2) is 0 Å². The summed E-state index contributed by atoms with van der Waals surface area (Å²) in [6.07, 6.45) is 0. The Morgan fingerprint density at radius 1 is 1.37 bits per heavy atom. The van der Waals surface area contributed by atoms with Crippen LogP contribution in [0.3, 0.4) is 0 Å². The number of carbonyl (C=O) groups is 3. The highest BCUT2D eigenvalue weighted by atomic mass is 35.5. The Kier molecular flexibility index (Phi) is 3.57. The Morgan fingerprint density at radius 2 is 2.05 bits per heavy atom. The van der Waals surface area contributed by atoms with Gasteiger partial charge in [0, 0.05) is 6.04 Å². The quantitative estimate of drug-likeness (QED) is 0.851. The molecule has 1 aliphatic heterocycles. The van der Waals surface area contributed by atoms with Crippen molar-refractivity contribution >= 4 is 34.9 Å². The molecule has 1 aromatic carbocycles. The van der Waals surface area contributed by atoms with E-state index < -0.39 is 11.7 Å². The van der Waals surface area contributed by atoms with Crippen LogP contribution >= 0.6 is 11.6 Å². The molecule has 1 aliphatic rings. The van der Waals surface area contributed by atoms with Crippen LogP contribution in [0.15, 0.2) is 18.2 Å². The summed E-state index contributed by atoms with van der Waals surface area (Å²) in [6.45, 7) is 3.42. The summed E-state index contributed by atoms with van der Waals surface area (Å²) >= 11 is 6.01. The predicted molar refractivity (Wildman–Crippen MR) is 71.4 cm³/mol. The highest BCUT2D eigenvalue weighted by Gasteiger charge is 2.38. The van der Waals surface area contributed by atoms with Crippen LogP contribution in [0, 0.1) is 0 Å². The van der Waals surface area contributed by atoms with Crippen molar-refractivity contribution in [1.29, 1.82) is 0 Å². The van der Waals surface area contributed by atoms with Crippen molar-refractivity contribution in [3.63, 3.8) is 0 Å². The molecule has 1 heterocycles. The molecule has 100 valence electrons. The fourth-order valence-electron chi connectivity index (χ4n) is 1.97. The van der Waals surface area contributed by atoms with Gasteiger partial charge < -0.3 is 5.32 Å². The lowest BCUT2D eigenvalue weighted by atomic mass is 10.1. The van der Waals surface area contributed by atoms with Gasteiger partial charge in [-0.15, -0.1) is 0 Å². The van der Waals surface area contributed by atoms with Crippen molar-refractivity contribution in [3.05, 3.63) is 28.8 Å². The first kappa shape index (κ1) is 13.5. The molecule has 1 N–H and O–H groups in total. The number of nitrogens with zero attached hydrogens (tertiary/aromatic N) is 1. The zero-order valence-electron chi connectivity index (χ0n) is 10.6. The molecule has 19 heavy (non-hydrogen) atoms. The summed E-state index contributed by atoms with van der Waals surface area (Å²) in [5.41, 5.74) is 0.563. The summed E-state index contributed by atoms with van der Waals surface area (Å²) in [4.78, 5) is 36.5. The Labute approximate surface area is 115 Å². The van der Waals surface area contributed by atoms with E-state index in [0.717, 1.165) is 4.90 Å². The minimum absolute atomic E-state index is 0.0355. The number of anilines is 1. The maximum Gasteiger partial charge on any atom is 0.300 e. The molecule has 5 nitrogen and oxygen atoms in total. The lowest BCUT2D eigenvalue weighted by Gasteiger charge is -2.18. The normalized spacial score (nSPS) is 14.0. The van der Waals surface area contributed by atoms with E-state index in [4.69, 9.17) is 11.6 Å². The maximum absolute atomic E-state index is 11.9. The molecule has 0 spiro atoms. The van der Waals surface area contributed by atoms with Gasteiger partial charge in [0.05, 0.1) is 16.3 Å². The van der Waals surface area contributed by atoms with Crippen molar-refractivity contribution in [1.82, 2.24) is 5.32 Å². The molecule has 1 aromatic rings. The molecule has 0 unspecified atom stereocenters. The molecule has 6 heteroatoms. The lowest BCUT2D eigenvalue weighted by molar-refractivity contribution is -0.122. The van der Waals surface area contributed by atoms with E-state index in [2.05, 4.69) is 5.32 Å². The van der Waals surface area contributed by atoms with Gasteiger partial charge in [0.2, 0.25) is 5.91 Å². The van der Waals surface area contributed by atoms with Crippen LogP contribution in [-0.2, 0) is 9.59 Å². The molecule has 0 saturated carbocycles. The molecule has 2 amide bonds. The number of halogens is 1. The molecule has 2 rings (SSSR count). The Balaban J connectivity index is 2.31. The summed E-state index contributed by atoms with van der Waals surface area (Å²) in [5.74, 6) is -1.68. The SMILES string of the molecule is CC(C)NC(=O)CN1C(=O)C(=O)c2cccc(Cl)c21. The van der Waals surface area contributed by atoms with Gasteiger partial charge in [-0.2, -0.15) is 0 Å². The smallest absolute Gasteiger partial charge is 0.300 e. The number of nitrogens with one attached hydrogen (secondary N) is 1. The minimum atomic E-state index is -0.720. The first-order valence-corrected chi connectivity index (χ1v) is 6.23. The van der Waals surface area contributed by atoms with Crippen molar-refractivity contribution < 1.29 is 14.4 Å². The third kappa shape index (κ3) is 2.46. The number of fused-ring (bicyclic) bond motifs is 1. The highest BCUT2D eigenvalue weighted by Crippen LogP contribution is 2.35. The topological polar surface area (TPSA) is 66.5 Å². The first-order valence-electron chi connectivity index (χ1n) is 5.86. The second-order valence-corrected chi connectivity index (χ2v) is 4.99. The number of hydrogen-bond acceptors (Lipinski definition) is 3. The average Bonchev–Trinajstić information content (AvgIpc) is 2.55. The Hall–Kier alpha value is -1.88. The van der Waals surface area contributed by atoms with E-state index >= 15 is 0 Å². The number of hydrogen-bond donors (Lipinski definition) is 1. The molecule has 0 fully saturated rings. The van der Waals surface area contributed by atoms with Crippen LogP contribution in [0.25, 0.3) is 0 Å². The number of Topliss-reactive ketones (excluding diaryl/α,β-unsaturated/α-hetero) is 1. The van der Waals surface area contributed by atoms with E-state index in [0.29, 0.717) is 5.69 Å². The Morgan fingerprint density at radius 3 is 2.68 bits per heavy atom. The van der Waals surface area contributed by atoms with Crippen LogP contribution < -0.4 is 10.2 Å². The fourth-order valence-corrected chi connectivity index (χ4v) is 2.25. The van der Waals surface area contributed by atoms with E-state index in [9.17, 15) is 14.4 Å². The molecule has 0 radical (unpaired) electrons. The second-order valence-electron chi connectivity index (χ2n) is 4.58. The van der Waals surface area contributed by atoms with Crippen LogP contribution in [0.5, 0.6) is 0 Å². The zero-order valence-corrected chi connectivity index (χ0v) is 11.3. The van der Waals surface area contributed by atoms with Crippen LogP contribution in [0.2, 0.25) is 5.02 Å². The number of amides is 2. The molecule has 0 aromatic heterocycles. The van der Waals surface area contributed by atoms with Gasteiger partial charge in [-0.25, -0.2) is 0 Å². The van der Waals surface area contributed by atoms with Gasteiger partial charge in [-0.05, 0) is 26.0 Å². The van der Waals surface area contributed by atoms with Crippen molar-refractivity contribution in [2.24, 2.45) is 0 Å². The first-order chi connectivity index (χ1) is 8.91. The minimum Gasteiger partial charge on any atom is -0.352 e. The van der Waals surface area contributed by atoms with E-state index in [1.165, 1.54) is 6.07 Å². The van der Waals surface area contributed by atoms with E-state index in [1.54, 1.807) is 12.1 Å². The lowest BCUT2D eigenvalue weighted by Crippen LogP contribution is -2.42. The van der Waals surface area contributed by atoms with E-state index in [1.807, 2.05) is 13.8 Å². The molecule has 0 aliphatic carbocycles. The van der Waals surface area contributed by atoms with Crippen LogP contribution in [-0.4, -0.2) is 30.2 Å². The van der Waals surface area contributed by atoms with Gasteiger partial charge in [-0.1, -0.05) is 17.7 Å². The van der Waals surface area contributed by atoms with Crippen molar-refractivity contribution in [2.45, 2.75) is 19.9 Å². The average molecular weight is 281 g/mol. The predicted octanol–water partition coefficient (Wildman–Crippen LogP) is 1.39. The highest BCUT2D eigenvalue weighted by molar-refractivity contribution is 6.54. The fraction of sp³-hybridized carbons (Fsp3) is 0.308. The van der Waals surface area contributed by atoms with Crippen molar-refractivity contribution in [2.75, 3.05) is 11.4 Å². The third-order valence-electron chi connectivity index (χ3n) is 2.69. The van der Waals surface area contributed by atoms with Crippen molar-refractivity contribution in [3.8, 4) is 0 Å². The van der Waals surface area contributed by atoms with Gasteiger partial charge in [-0.3, -0.25) is 19.3 Å². The summed E-state index contributed by atoms with van der Waals surface area (Å²) in [5, 5.41) is 2.95. The number of ketones is 1. The molecular weight excluding hydrogens is 268 g/mol. The summed E-state index contributed by atoms with van der Waals surface area (Å²) < 4.78 is 0. The monoisotopic (exact) mass is 280 g/mol. The number of benzene rings is 1. The summed E-state index contributed by atoms with van der Waals surface area (Å²) in [6, 6.07) is 4.68. The standard InChI is InChI=1S/C13H13ClN2O3/c1-7(2)15-10(17)6-16-11-8(12(18)13(16)19)4-3-5-9(11)14/h3-5,7H,6H2,1-2H3,(H,15,17). The van der Waals surface area contributed by atoms with Gasteiger partial charge in [0.25, 0.3) is 11.7 Å². The molecule has 0 atom stereocenters. The number of carbonyl (C=O) groups excluding carboxylic acids is 3. The molecular formula is C13H13ClN2O3. The summed E-state index contributed by atoms with van der Waals surface area (Å²) in [7, 11) is 0. The maximum atomic E-state index is 11.9. The molecule has 0 bridgehead atoms. The second kappa shape index (κ2) is 5.01. The van der Waals surface area contributed by atoms with Crippen LogP contribution in [0.4, 0.5) is 5.69 Å². The third-order valence-corrected chi connectivity index (χ3v) is 3.00.